The number of carbonyl (C=O) groups is 1. The van der Waals surface area contributed by atoms with Gasteiger partial charge in [-0.2, -0.15) is 0 Å². The van der Waals surface area contributed by atoms with Gasteiger partial charge in [0.05, 0.1) is 15.8 Å². The van der Waals surface area contributed by atoms with Gasteiger partial charge in [-0.15, -0.1) is 11.3 Å². The Morgan fingerprint density at radius 3 is 2.79 bits per heavy atom. The molecule has 0 saturated heterocycles. The summed E-state index contributed by atoms with van der Waals surface area (Å²) in [5, 5.41) is 10.5. The van der Waals surface area contributed by atoms with Gasteiger partial charge >= 0.3 is 5.97 Å². The molecule has 1 heterocycles. The molecule has 0 aliphatic carbocycles. The maximum atomic E-state index is 10.9. The van der Waals surface area contributed by atoms with E-state index in [2.05, 4.69) is 4.98 Å². The summed E-state index contributed by atoms with van der Waals surface area (Å²) in [5.41, 5.74) is 2.00. The van der Waals surface area contributed by atoms with Crippen LogP contribution in [0.1, 0.15) is 10.4 Å². The van der Waals surface area contributed by atoms with Crippen molar-refractivity contribution in [2.45, 2.75) is 0 Å². The number of halogens is 1. The largest absolute Gasteiger partial charge is 0.478 e. The van der Waals surface area contributed by atoms with E-state index in [1.54, 1.807) is 24.3 Å². The van der Waals surface area contributed by atoms with E-state index in [-0.39, 0.29) is 5.56 Å². The summed E-state index contributed by atoms with van der Waals surface area (Å²) in [5.74, 6) is -0.931. The second kappa shape index (κ2) is 4.64. The summed E-state index contributed by atoms with van der Waals surface area (Å²) in [6.45, 7) is 0. The zero-order chi connectivity index (χ0) is 13.4. The third-order valence-electron chi connectivity index (χ3n) is 2.71. The lowest BCUT2D eigenvalue weighted by Crippen LogP contribution is -1.94. The third-order valence-corrected chi connectivity index (χ3v) is 4.01. The van der Waals surface area contributed by atoms with Crippen LogP contribution in [-0.2, 0) is 0 Å². The molecule has 0 spiro atoms. The third kappa shape index (κ3) is 2.32. The fraction of sp³-hybridized carbons (Fsp3) is 0. The molecule has 0 bridgehead atoms. The molecule has 3 rings (SSSR count). The molecule has 0 amide bonds. The van der Waals surface area contributed by atoms with Crippen LogP contribution >= 0.6 is 22.9 Å². The van der Waals surface area contributed by atoms with E-state index in [1.165, 1.54) is 11.3 Å². The zero-order valence-electron chi connectivity index (χ0n) is 9.63. The minimum atomic E-state index is -0.931. The van der Waals surface area contributed by atoms with Gasteiger partial charge in [0.1, 0.15) is 5.01 Å². The molecule has 1 aromatic heterocycles. The molecule has 0 unspecified atom stereocenters. The molecule has 0 saturated carbocycles. The molecule has 3 nitrogen and oxygen atoms in total. The van der Waals surface area contributed by atoms with E-state index in [9.17, 15) is 4.79 Å². The highest BCUT2D eigenvalue weighted by Gasteiger charge is 2.09. The minimum absolute atomic E-state index is 0.272. The minimum Gasteiger partial charge on any atom is -0.478 e. The summed E-state index contributed by atoms with van der Waals surface area (Å²) >= 11 is 7.42. The molecule has 1 N–H and O–H groups in total. The van der Waals surface area contributed by atoms with Crippen molar-refractivity contribution in [2.24, 2.45) is 0 Å². The van der Waals surface area contributed by atoms with Crippen LogP contribution < -0.4 is 0 Å². The number of hydrogen-bond donors (Lipinski definition) is 1. The molecule has 5 heteroatoms. The van der Waals surface area contributed by atoms with Gasteiger partial charge in [0.25, 0.3) is 0 Å². The van der Waals surface area contributed by atoms with E-state index < -0.39 is 5.97 Å². The van der Waals surface area contributed by atoms with Crippen molar-refractivity contribution in [3.8, 4) is 10.6 Å². The van der Waals surface area contributed by atoms with E-state index in [4.69, 9.17) is 16.7 Å². The fourth-order valence-corrected chi connectivity index (χ4v) is 2.99. The van der Waals surface area contributed by atoms with Crippen molar-refractivity contribution in [1.82, 2.24) is 4.98 Å². The number of aromatic nitrogens is 1. The number of rotatable bonds is 2. The lowest BCUT2D eigenvalue weighted by molar-refractivity contribution is 0.0697. The predicted molar refractivity (Wildman–Crippen MR) is 77.0 cm³/mol. The molecule has 0 radical (unpaired) electrons. The molecular weight excluding hydrogens is 282 g/mol. The SMILES string of the molecule is O=C(O)c1ccc2nc(-c3cccc(Cl)c3)sc2c1. The van der Waals surface area contributed by atoms with Crippen molar-refractivity contribution in [1.29, 1.82) is 0 Å². The summed E-state index contributed by atoms with van der Waals surface area (Å²) in [6, 6.07) is 12.4. The van der Waals surface area contributed by atoms with Crippen molar-refractivity contribution in [2.75, 3.05) is 0 Å². The van der Waals surface area contributed by atoms with Gasteiger partial charge in [0.2, 0.25) is 0 Å². The summed E-state index contributed by atoms with van der Waals surface area (Å²) in [7, 11) is 0. The topological polar surface area (TPSA) is 50.2 Å². The van der Waals surface area contributed by atoms with Crippen LogP contribution in [-0.4, -0.2) is 16.1 Å². The van der Waals surface area contributed by atoms with Gasteiger partial charge in [0, 0.05) is 10.6 Å². The zero-order valence-corrected chi connectivity index (χ0v) is 11.2. The maximum absolute atomic E-state index is 10.9. The first kappa shape index (κ1) is 12.1. The van der Waals surface area contributed by atoms with Crippen molar-refractivity contribution >= 4 is 39.1 Å². The van der Waals surface area contributed by atoms with Crippen LogP contribution in [0.15, 0.2) is 42.5 Å². The first-order valence-corrected chi connectivity index (χ1v) is 6.73. The van der Waals surface area contributed by atoms with Crippen LogP contribution in [0.4, 0.5) is 0 Å². The Labute approximate surface area is 118 Å². The Morgan fingerprint density at radius 2 is 2.05 bits per heavy atom. The Hall–Kier alpha value is -1.91. The first-order valence-electron chi connectivity index (χ1n) is 5.53. The molecule has 0 fully saturated rings. The van der Waals surface area contributed by atoms with Gasteiger partial charge in [-0.3, -0.25) is 0 Å². The predicted octanol–water partition coefficient (Wildman–Crippen LogP) is 4.31. The molecule has 94 valence electrons. The van der Waals surface area contributed by atoms with Crippen LogP contribution in [0.3, 0.4) is 0 Å². The van der Waals surface area contributed by atoms with Crippen molar-refractivity contribution in [3.63, 3.8) is 0 Å². The second-order valence-corrected chi connectivity index (χ2v) is 5.48. The number of benzene rings is 2. The monoisotopic (exact) mass is 289 g/mol. The molecule has 0 atom stereocenters. The van der Waals surface area contributed by atoms with Crippen LogP contribution in [0.25, 0.3) is 20.8 Å². The Morgan fingerprint density at radius 1 is 1.21 bits per heavy atom. The number of aromatic carboxylic acids is 1. The standard InChI is InChI=1S/C14H8ClNO2S/c15-10-3-1-2-8(6-10)13-16-11-5-4-9(14(17)18)7-12(11)19-13/h1-7H,(H,17,18). The lowest BCUT2D eigenvalue weighted by atomic mass is 10.2. The molecule has 0 aliphatic heterocycles. The Kier molecular flexibility index (Phi) is 2.97. The summed E-state index contributed by atoms with van der Waals surface area (Å²) in [6.07, 6.45) is 0. The average Bonchev–Trinajstić information content (AvgIpc) is 2.81. The second-order valence-electron chi connectivity index (χ2n) is 4.02. The number of thiazole rings is 1. The van der Waals surface area contributed by atoms with Crippen LogP contribution in [0.2, 0.25) is 5.02 Å². The van der Waals surface area contributed by atoms with E-state index in [0.717, 1.165) is 20.8 Å². The lowest BCUT2D eigenvalue weighted by Gasteiger charge is -1.95. The molecule has 2 aromatic carbocycles. The van der Waals surface area contributed by atoms with Crippen LogP contribution in [0.5, 0.6) is 0 Å². The van der Waals surface area contributed by atoms with Gasteiger partial charge in [-0.25, -0.2) is 9.78 Å². The molecule has 0 aliphatic rings. The van der Waals surface area contributed by atoms with Gasteiger partial charge in [-0.05, 0) is 30.3 Å². The van der Waals surface area contributed by atoms with Crippen LogP contribution in [0, 0.1) is 0 Å². The van der Waals surface area contributed by atoms with Crippen molar-refractivity contribution in [3.05, 3.63) is 53.1 Å². The summed E-state index contributed by atoms with van der Waals surface area (Å²) in [4.78, 5) is 15.4. The number of fused-ring (bicyclic) bond motifs is 1. The van der Waals surface area contributed by atoms with E-state index in [0.29, 0.717) is 5.02 Å². The number of hydrogen-bond acceptors (Lipinski definition) is 3. The van der Waals surface area contributed by atoms with E-state index >= 15 is 0 Å². The van der Waals surface area contributed by atoms with Gasteiger partial charge < -0.3 is 5.11 Å². The average molecular weight is 290 g/mol. The smallest absolute Gasteiger partial charge is 0.335 e. The highest BCUT2D eigenvalue weighted by molar-refractivity contribution is 7.21. The Bertz CT molecular complexity index is 782. The van der Waals surface area contributed by atoms with Crippen molar-refractivity contribution < 1.29 is 9.90 Å². The quantitative estimate of drug-likeness (QED) is 0.764. The molecular formula is C14H8ClNO2S. The number of carboxylic acids is 1. The van der Waals surface area contributed by atoms with E-state index in [1.807, 2.05) is 18.2 Å². The normalized spacial score (nSPS) is 10.8. The number of carboxylic acid groups (broad SMARTS) is 1. The first-order chi connectivity index (χ1) is 9.13. The van der Waals surface area contributed by atoms with Gasteiger partial charge in [0.15, 0.2) is 0 Å². The highest BCUT2D eigenvalue weighted by Crippen LogP contribution is 2.31. The maximum Gasteiger partial charge on any atom is 0.335 e. The fourth-order valence-electron chi connectivity index (χ4n) is 1.80. The Balaban J connectivity index is 2.14. The van der Waals surface area contributed by atoms with Gasteiger partial charge in [-0.1, -0.05) is 23.7 Å². The summed E-state index contributed by atoms with van der Waals surface area (Å²) < 4.78 is 0.856. The number of nitrogens with zero attached hydrogens (tertiary/aromatic N) is 1. The molecule has 19 heavy (non-hydrogen) atoms. The highest BCUT2D eigenvalue weighted by atomic mass is 35.5. The molecule has 3 aromatic rings.